The minimum absolute atomic E-state index is 0.177. The number of rotatable bonds is 4. The van der Waals surface area contributed by atoms with Gasteiger partial charge in [0.25, 0.3) is 0 Å². The molecular weight excluding hydrogens is 290 g/mol. The molecular formula is C14H14ClN5O. The van der Waals surface area contributed by atoms with Crippen molar-refractivity contribution in [1.29, 1.82) is 0 Å². The molecule has 0 spiro atoms. The van der Waals surface area contributed by atoms with Gasteiger partial charge in [0.2, 0.25) is 5.28 Å². The number of halogens is 1. The lowest BCUT2D eigenvalue weighted by atomic mass is 10.2. The Morgan fingerprint density at radius 2 is 2.10 bits per heavy atom. The molecule has 3 rings (SSSR count). The number of nitrogens with one attached hydrogen (secondary N) is 1. The normalized spacial score (nSPS) is 10.8. The summed E-state index contributed by atoms with van der Waals surface area (Å²) in [5, 5.41) is 0.177. The monoisotopic (exact) mass is 303 g/mol. The summed E-state index contributed by atoms with van der Waals surface area (Å²) in [5.74, 6) is 1.54. The summed E-state index contributed by atoms with van der Waals surface area (Å²) in [5.41, 5.74) is 2.37. The zero-order valence-electron chi connectivity index (χ0n) is 11.7. The van der Waals surface area contributed by atoms with Gasteiger partial charge in [0.15, 0.2) is 11.5 Å². The summed E-state index contributed by atoms with van der Waals surface area (Å²) in [4.78, 5) is 17.5. The molecule has 6 nitrogen and oxygen atoms in total. The quantitative estimate of drug-likeness (QED) is 0.751. The molecule has 3 aromatic rings. The van der Waals surface area contributed by atoms with Crippen LogP contribution in [0.3, 0.4) is 0 Å². The van der Waals surface area contributed by atoms with E-state index in [-0.39, 0.29) is 5.28 Å². The van der Waals surface area contributed by atoms with Crippen molar-refractivity contribution in [2.45, 2.75) is 6.54 Å². The van der Waals surface area contributed by atoms with Crippen LogP contribution in [0.25, 0.3) is 11.2 Å². The third-order valence-electron chi connectivity index (χ3n) is 3.20. The van der Waals surface area contributed by atoms with E-state index in [4.69, 9.17) is 16.3 Å². The van der Waals surface area contributed by atoms with E-state index in [1.807, 2.05) is 36.2 Å². The molecule has 2 heterocycles. The fourth-order valence-corrected chi connectivity index (χ4v) is 2.39. The number of methoxy groups -OCH3 is 1. The number of fused-ring (bicyclic) bond motifs is 1. The molecule has 2 aromatic heterocycles. The molecule has 0 aliphatic carbocycles. The molecule has 0 saturated carbocycles. The zero-order valence-corrected chi connectivity index (χ0v) is 12.4. The predicted octanol–water partition coefficient (Wildman–Crippen LogP) is 2.65. The molecule has 0 unspecified atom stereocenters. The molecule has 21 heavy (non-hydrogen) atoms. The predicted molar refractivity (Wildman–Crippen MR) is 81.8 cm³/mol. The Hall–Kier alpha value is -2.34. The van der Waals surface area contributed by atoms with E-state index >= 15 is 0 Å². The summed E-state index contributed by atoms with van der Waals surface area (Å²) >= 11 is 5.96. The summed E-state index contributed by atoms with van der Waals surface area (Å²) in [6.07, 6.45) is 1.58. The Balaban J connectivity index is 1.97. The van der Waals surface area contributed by atoms with Crippen LogP contribution in [0, 0.1) is 0 Å². The van der Waals surface area contributed by atoms with Crippen LogP contribution in [-0.2, 0) is 6.54 Å². The van der Waals surface area contributed by atoms with Crippen LogP contribution >= 0.6 is 11.6 Å². The number of H-pyrrole nitrogens is 1. The Morgan fingerprint density at radius 1 is 1.29 bits per heavy atom. The topological polar surface area (TPSA) is 66.9 Å². The molecule has 0 saturated heterocycles. The van der Waals surface area contributed by atoms with Crippen LogP contribution < -0.4 is 9.64 Å². The molecule has 0 radical (unpaired) electrons. The maximum Gasteiger partial charge on any atom is 0.226 e. The van der Waals surface area contributed by atoms with E-state index in [9.17, 15) is 0 Å². The highest BCUT2D eigenvalue weighted by Gasteiger charge is 2.14. The summed E-state index contributed by atoms with van der Waals surface area (Å²) in [6.45, 7) is 0.630. The van der Waals surface area contributed by atoms with Crippen molar-refractivity contribution in [2.75, 3.05) is 19.1 Å². The summed E-state index contributed by atoms with van der Waals surface area (Å²) in [7, 11) is 3.60. The largest absolute Gasteiger partial charge is 0.496 e. The van der Waals surface area contributed by atoms with Crippen LogP contribution in [0.1, 0.15) is 5.56 Å². The Bertz CT molecular complexity index is 773. The van der Waals surface area contributed by atoms with Gasteiger partial charge in [0.1, 0.15) is 11.3 Å². The standard InChI is InChI=1S/C14H14ClN5O/c1-20(7-9-5-3-4-6-10(9)21-2)13-11-12(17-8-16-11)18-14(15)19-13/h3-6,8H,7H2,1-2H3,(H,16,17,18,19). The molecule has 1 N–H and O–H groups in total. The van der Waals surface area contributed by atoms with Gasteiger partial charge in [-0.3, -0.25) is 0 Å². The molecule has 0 aliphatic rings. The number of imidazole rings is 1. The van der Waals surface area contributed by atoms with Crippen LogP contribution in [-0.4, -0.2) is 34.1 Å². The van der Waals surface area contributed by atoms with Gasteiger partial charge >= 0.3 is 0 Å². The molecule has 0 aliphatic heterocycles. The van der Waals surface area contributed by atoms with Crippen molar-refractivity contribution in [3.05, 3.63) is 41.4 Å². The Kier molecular flexibility index (Phi) is 3.62. The van der Waals surface area contributed by atoms with Gasteiger partial charge in [0.05, 0.1) is 13.4 Å². The average molecular weight is 304 g/mol. The third-order valence-corrected chi connectivity index (χ3v) is 3.37. The third kappa shape index (κ3) is 2.62. The van der Waals surface area contributed by atoms with Crippen LogP contribution in [0.4, 0.5) is 5.82 Å². The van der Waals surface area contributed by atoms with Gasteiger partial charge < -0.3 is 14.6 Å². The molecule has 7 heteroatoms. The fraction of sp³-hybridized carbons (Fsp3) is 0.214. The van der Waals surface area contributed by atoms with E-state index in [1.54, 1.807) is 13.4 Å². The van der Waals surface area contributed by atoms with Crippen LogP contribution in [0.2, 0.25) is 5.28 Å². The highest BCUT2D eigenvalue weighted by molar-refractivity contribution is 6.28. The van der Waals surface area contributed by atoms with E-state index in [0.29, 0.717) is 18.0 Å². The number of para-hydroxylation sites is 1. The van der Waals surface area contributed by atoms with Crippen molar-refractivity contribution < 1.29 is 4.74 Å². The highest BCUT2D eigenvalue weighted by atomic mass is 35.5. The molecule has 108 valence electrons. The maximum absolute atomic E-state index is 5.96. The maximum atomic E-state index is 5.96. The lowest BCUT2D eigenvalue weighted by Gasteiger charge is -2.20. The molecule has 0 amide bonds. The second kappa shape index (κ2) is 5.57. The second-order valence-corrected chi connectivity index (χ2v) is 4.92. The van der Waals surface area contributed by atoms with Crippen molar-refractivity contribution in [3.63, 3.8) is 0 Å². The van der Waals surface area contributed by atoms with E-state index < -0.39 is 0 Å². The summed E-state index contributed by atoms with van der Waals surface area (Å²) in [6, 6.07) is 7.87. The number of hydrogen-bond donors (Lipinski definition) is 1. The SMILES string of the molecule is COc1ccccc1CN(C)c1nc(Cl)nc2nc[nH]c12. The Labute approximate surface area is 126 Å². The smallest absolute Gasteiger partial charge is 0.226 e. The number of anilines is 1. The zero-order chi connectivity index (χ0) is 14.8. The van der Waals surface area contributed by atoms with Crippen molar-refractivity contribution in [1.82, 2.24) is 19.9 Å². The highest BCUT2D eigenvalue weighted by Crippen LogP contribution is 2.25. The van der Waals surface area contributed by atoms with Gasteiger partial charge in [-0.05, 0) is 17.7 Å². The van der Waals surface area contributed by atoms with Gasteiger partial charge in [-0.1, -0.05) is 18.2 Å². The number of nitrogens with zero attached hydrogens (tertiary/aromatic N) is 4. The number of aromatic amines is 1. The lowest BCUT2D eigenvalue weighted by Crippen LogP contribution is -2.19. The second-order valence-electron chi connectivity index (χ2n) is 4.59. The van der Waals surface area contributed by atoms with Crippen LogP contribution in [0.5, 0.6) is 5.75 Å². The number of hydrogen-bond acceptors (Lipinski definition) is 5. The van der Waals surface area contributed by atoms with E-state index in [0.717, 1.165) is 16.8 Å². The minimum Gasteiger partial charge on any atom is -0.496 e. The number of benzene rings is 1. The summed E-state index contributed by atoms with van der Waals surface area (Å²) < 4.78 is 5.37. The average Bonchev–Trinajstić information content (AvgIpc) is 2.94. The molecule has 0 bridgehead atoms. The number of ether oxygens (including phenoxy) is 1. The first-order chi connectivity index (χ1) is 10.2. The fourth-order valence-electron chi connectivity index (χ4n) is 2.23. The van der Waals surface area contributed by atoms with Gasteiger partial charge in [0, 0.05) is 19.2 Å². The first kappa shape index (κ1) is 13.6. The van der Waals surface area contributed by atoms with Crippen molar-refractivity contribution in [2.24, 2.45) is 0 Å². The van der Waals surface area contributed by atoms with Crippen LogP contribution in [0.15, 0.2) is 30.6 Å². The van der Waals surface area contributed by atoms with E-state index in [2.05, 4.69) is 19.9 Å². The molecule has 0 atom stereocenters. The molecule has 0 fully saturated rings. The van der Waals surface area contributed by atoms with Crippen molar-refractivity contribution in [3.8, 4) is 5.75 Å². The van der Waals surface area contributed by atoms with Gasteiger partial charge in [-0.2, -0.15) is 9.97 Å². The lowest BCUT2D eigenvalue weighted by molar-refractivity contribution is 0.409. The first-order valence-corrected chi connectivity index (χ1v) is 6.76. The number of aromatic nitrogens is 4. The first-order valence-electron chi connectivity index (χ1n) is 6.38. The van der Waals surface area contributed by atoms with Gasteiger partial charge in [-0.15, -0.1) is 0 Å². The minimum atomic E-state index is 0.177. The van der Waals surface area contributed by atoms with Crippen molar-refractivity contribution >= 4 is 28.6 Å². The van der Waals surface area contributed by atoms with Gasteiger partial charge in [-0.25, -0.2) is 4.98 Å². The Morgan fingerprint density at radius 3 is 2.90 bits per heavy atom. The van der Waals surface area contributed by atoms with E-state index in [1.165, 1.54) is 0 Å². The molecule has 1 aromatic carbocycles.